The van der Waals surface area contributed by atoms with E-state index in [2.05, 4.69) is 31.2 Å². The fourth-order valence-corrected chi connectivity index (χ4v) is 3.77. The number of hydrogen-bond acceptors (Lipinski definition) is 2. The number of likely N-dealkylation sites (tertiary alicyclic amines) is 1. The zero-order chi connectivity index (χ0) is 17.8. The fraction of sp³-hybridized carbons (Fsp3) is 0.476. The predicted octanol–water partition coefficient (Wildman–Crippen LogP) is 2.12. The average Bonchev–Trinajstić information content (AvgIpc) is 2.61. The zero-order valence-electron chi connectivity index (χ0n) is 15.5. The maximum Gasteiger partial charge on any atom is 0.277 e. The second-order valence-corrected chi connectivity index (χ2v) is 7.43. The summed E-state index contributed by atoms with van der Waals surface area (Å²) >= 11 is 0. The smallest absolute Gasteiger partial charge is 0.277 e. The summed E-state index contributed by atoms with van der Waals surface area (Å²) in [4.78, 5) is 15.8. The van der Waals surface area contributed by atoms with Gasteiger partial charge in [-0.15, -0.1) is 0 Å². The molecule has 3 rings (SSSR count). The summed E-state index contributed by atoms with van der Waals surface area (Å²) in [6.45, 7) is 5.81. The standard InChI is InChI=1S/C21H28N2O2/c1-16-5-4-10-23(13-16)15-21(24)22(2)14-17-6-7-19-12-20(25-3)9-8-18(19)11-17/h6-9,11-12,16H,4-5,10,13-15H2,1-3H3/p+1/t16-/m1/s1. The van der Waals surface area contributed by atoms with Gasteiger partial charge in [0.1, 0.15) is 5.75 Å². The third kappa shape index (κ3) is 4.51. The van der Waals surface area contributed by atoms with Crippen molar-refractivity contribution in [2.24, 2.45) is 5.92 Å². The van der Waals surface area contributed by atoms with Gasteiger partial charge in [0.2, 0.25) is 0 Å². The Morgan fingerprint density at radius 3 is 2.76 bits per heavy atom. The van der Waals surface area contributed by atoms with E-state index in [1.54, 1.807) is 7.11 Å². The number of hydrogen-bond donors (Lipinski definition) is 1. The zero-order valence-corrected chi connectivity index (χ0v) is 15.5. The van der Waals surface area contributed by atoms with Crippen molar-refractivity contribution in [2.75, 3.05) is 33.8 Å². The summed E-state index contributed by atoms with van der Waals surface area (Å²) in [6.07, 6.45) is 2.54. The van der Waals surface area contributed by atoms with Crippen molar-refractivity contribution in [2.45, 2.75) is 26.3 Å². The number of carbonyl (C=O) groups excluding carboxylic acids is 1. The van der Waals surface area contributed by atoms with Gasteiger partial charge < -0.3 is 14.5 Å². The normalized spacial score (nSPS) is 20.4. The molecule has 4 nitrogen and oxygen atoms in total. The third-order valence-corrected chi connectivity index (χ3v) is 5.22. The maximum atomic E-state index is 12.6. The Hall–Kier alpha value is -2.07. The molecule has 0 radical (unpaired) electrons. The summed E-state index contributed by atoms with van der Waals surface area (Å²) in [5.74, 6) is 1.84. The van der Waals surface area contributed by atoms with E-state index in [0.717, 1.165) is 35.7 Å². The van der Waals surface area contributed by atoms with Gasteiger partial charge in [-0.25, -0.2) is 0 Å². The van der Waals surface area contributed by atoms with Gasteiger partial charge in [-0.05, 0) is 47.4 Å². The molecule has 1 aliphatic rings. The monoisotopic (exact) mass is 341 g/mol. The number of fused-ring (bicyclic) bond motifs is 1. The average molecular weight is 341 g/mol. The van der Waals surface area contributed by atoms with E-state index in [1.165, 1.54) is 23.1 Å². The number of rotatable bonds is 5. The summed E-state index contributed by atoms with van der Waals surface area (Å²) in [6, 6.07) is 12.4. The molecule has 1 heterocycles. The topological polar surface area (TPSA) is 34.0 Å². The van der Waals surface area contributed by atoms with Crippen LogP contribution in [0.2, 0.25) is 0 Å². The molecular weight excluding hydrogens is 312 g/mol. The number of nitrogens with one attached hydrogen (secondary N) is 1. The lowest BCUT2D eigenvalue weighted by molar-refractivity contribution is -0.900. The van der Waals surface area contributed by atoms with E-state index in [-0.39, 0.29) is 5.91 Å². The Bertz CT molecular complexity index is 744. The van der Waals surface area contributed by atoms with Crippen molar-refractivity contribution in [3.05, 3.63) is 42.0 Å². The Labute approximate surface area is 150 Å². The quantitative estimate of drug-likeness (QED) is 0.904. The van der Waals surface area contributed by atoms with Crippen molar-refractivity contribution >= 4 is 16.7 Å². The van der Waals surface area contributed by atoms with E-state index < -0.39 is 0 Å². The van der Waals surface area contributed by atoms with Gasteiger partial charge in [0.15, 0.2) is 6.54 Å². The summed E-state index contributed by atoms with van der Waals surface area (Å²) in [5.41, 5.74) is 1.16. The molecule has 2 aromatic carbocycles. The van der Waals surface area contributed by atoms with E-state index >= 15 is 0 Å². The Kier molecular flexibility index (Phi) is 5.59. The molecule has 1 N–H and O–H groups in total. The first-order chi connectivity index (χ1) is 12.0. The SMILES string of the molecule is COc1ccc2cc(CN(C)C(=O)C[NH+]3CCC[C@@H](C)C3)ccc2c1. The molecule has 0 aromatic heterocycles. The van der Waals surface area contributed by atoms with E-state index in [9.17, 15) is 4.79 Å². The van der Waals surface area contributed by atoms with E-state index in [0.29, 0.717) is 13.1 Å². The number of ether oxygens (including phenoxy) is 1. The van der Waals surface area contributed by atoms with Crippen LogP contribution in [0, 0.1) is 5.92 Å². The van der Waals surface area contributed by atoms with Crippen LogP contribution in [-0.4, -0.2) is 44.6 Å². The molecule has 1 fully saturated rings. The molecule has 1 unspecified atom stereocenters. The molecule has 1 amide bonds. The van der Waals surface area contributed by atoms with E-state index in [4.69, 9.17) is 4.74 Å². The number of nitrogens with zero attached hydrogens (tertiary/aromatic N) is 1. The van der Waals surface area contributed by atoms with Crippen molar-refractivity contribution in [1.29, 1.82) is 0 Å². The van der Waals surface area contributed by atoms with Gasteiger partial charge in [0.25, 0.3) is 5.91 Å². The maximum absolute atomic E-state index is 12.6. The molecule has 0 saturated carbocycles. The Morgan fingerprint density at radius 2 is 2.00 bits per heavy atom. The predicted molar refractivity (Wildman–Crippen MR) is 101 cm³/mol. The van der Waals surface area contributed by atoms with Gasteiger partial charge in [-0.3, -0.25) is 4.79 Å². The van der Waals surface area contributed by atoms with Crippen LogP contribution in [0.5, 0.6) is 5.75 Å². The summed E-state index contributed by atoms with van der Waals surface area (Å²) in [5, 5.41) is 2.33. The number of methoxy groups -OCH3 is 1. The van der Waals surface area contributed by atoms with Gasteiger partial charge >= 0.3 is 0 Å². The Balaban J connectivity index is 1.62. The lowest BCUT2D eigenvalue weighted by atomic mass is 10.0. The van der Waals surface area contributed by atoms with Gasteiger partial charge in [-0.1, -0.05) is 25.1 Å². The van der Waals surface area contributed by atoms with Crippen LogP contribution in [0.15, 0.2) is 36.4 Å². The minimum Gasteiger partial charge on any atom is -0.497 e. The molecule has 0 bridgehead atoms. The second-order valence-electron chi connectivity index (χ2n) is 7.43. The molecule has 25 heavy (non-hydrogen) atoms. The number of piperidine rings is 1. The molecular formula is C21H29N2O2+. The highest BCUT2D eigenvalue weighted by molar-refractivity contribution is 5.84. The lowest BCUT2D eigenvalue weighted by Crippen LogP contribution is -3.14. The number of carbonyl (C=O) groups is 1. The second kappa shape index (κ2) is 7.87. The van der Waals surface area contributed by atoms with Crippen molar-refractivity contribution in [1.82, 2.24) is 4.90 Å². The molecule has 1 aliphatic heterocycles. The van der Waals surface area contributed by atoms with Crippen molar-refractivity contribution in [3.8, 4) is 5.75 Å². The number of amides is 1. The van der Waals surface area contributed by atoms with Crippen LogP contribution in [-0.2, 0) is 11.3 Å². The third-order valence-electron chi connectivity index (χ3n) is 5.22. The van der Waals surface area contributed by atoms with Gasteiger partial charge in [-0.2, -0.15) is 0 Å². The summed E-state index contributed by atoms with van der Waals surface area (Å²) in [7, 11) is 3.59. The first-order valence-electron chi connectivity index (χ1n) is 9.19. The largest absolute Gasteiger partial charge is 0.497 e. The van der Waals surface area contributed by atoms with Crippen molar-refractivity contribution < 1.29 is 14.4 Å². The summed E-state index contributed by atoms with van der Waals surface area (Å²) < 4.78 is 5.27. The van der Waals surface area contributed by atoms with Gasteiger partial charge in [0, 0.05) is 19.5 Å². The number of benzene rings is 2. The molecule has 0 aliphatic carbocycles. The minimum absolute atomic E-state index is 0.235. The first-order valence-corrected chi connectivity index (χ1v) is 9.19. The Morgan fingerprint density at radius 1 is 1.24 bits per heavy atom. The highest BCUT2D eigenvalue weighted by Crippen LogP contribution is 2.22. The van der Waals surface area contributed by atoms with Crippen molar-refractivity contribution in [3.63, 3.8) is 0 Å². The van der Waals surface area contributed by atoms with E-state index in [1.807, 2.05) is 24.1 Å². The number of likely N-dealkylation sites (N-methyl/N-ethyl adjacent to an activating group) is 1. The molecule has 134 valence electrons. The fourth-order valence-electron chi connectivity index (χ4n) is 3.77. The lowest BCUT2D eigenvalue weighted by Gasteiger charge is -2.28. The van der Waals surface area contributed by atoms with Crippen LogP contribution < -0.4 is 9.64 Å². The molecule has 1 saturated heterocycles. The molecule has 2 aromatic rings. The highest BCUT2D eigenvalue weighted by Gasteiger charge is 2.23. The molecule has 2 atom stereocenters. The molecule has 4 heteroatoms. The van der Waals surface area contributed by atoms with Gasteiger partial charge in [0.05, 0.1) is 20.2 Å². The first kappa shape index (κ1) is 17.7. The van der Waals surface area contributed by atoms with Crippen LogP contribution in [0.1, 0.15) is 25.3 Å². The van der Waals surface area contributed by atoms with Crippen LogP contribution in [0.4, 0.5) is 0 Å². The highest BCUT2D eigenvalue weighted by atomic mass is 16.5. The van der Waals surface area contributed by atoms with Crippen LogP contribution in [0.3, 0.4) is 0 Å². The minimum atomic E-state index is 0.235. The van der Waals surface area contributed by atoms with Crippen LogP contribution >= 0.6 is 0 Å². The molecule has 0 spiro atoms. The number of quaternary nitrogens is 1. The van der Waals surface area contributed by atoms with Crippen LogP contribution in [0.25, 0.3) is 10.8 Å².